The molecule has 4 rings (SSSR count). The summed E-state index contributed by atoms with van der Waals surface area (Å²) < 4.78 is 20.4. The zero-order valence-electron chi connectivity index (χ0n) is 18.3. The molecule has 0 saturated carbocycles. The molecule has 168 valence electrons. The molecule has 2 N–H and O–H groups in total. The Morgan fingerprint density at radius 2 is 2.00 bits per heavy atom. The summed E-state index contributed by atoms with van der Waals surface area (Å²) in [6, 6.07) is 9.82. The fourth-order valence-corrected chi connectivity index (χ4v) is 3.97. The highest BCUT2D eigenvalue weighted by molar-refractivity contribution is 7.20. The van der Waals surface area contributed by atoms with Crippen LogP contribution in [-0.2, 0) is 11.3 Å². The minimum atomic E-state index is -0.299. The molecule has 1 aromatic carbocycles. The van der Waals surface area contributed by atoms with Gasteiger partial charge in [0, 0.05) is 18.2 Å². The van der Waals surface area contributed by atoms with E-state index in [9.17, 15) is 9.18 Å². The van der Waals surface area contributed by atoms with Gasteiger partial charge in [-0.1, -0.05) is 11.3 Å². The third-order valence-electron chi connectivity index (χ3n) is 4.55. The van der Waals surface area contributed by atoms with Crippen molar-refractivity contribution in [2.24, 2.45) is 0 Å². The summed E-state index contributed by atoms with van der Waals surface area (Å²) in [6.07, 6.45) is 1.57. The highest BCUT2D eigenvalue weighted by Gasteiger charge is 2.23. The molecule has 4 aromatic rings. The second-order valence-electron chi connectivity index (χ2n) is 8.48. The molecule has 0 radical (unpaired) electrons. The minimum Gasteiger partial charge on any atom is -0.467 e. The average molecular weight is 457 g/mol. The zero-order chi connectivity index (χ0) is 22.9. The molecule has 3 heterocycles. The van der Waals surface area contributed by atoms with Gasteiger partial charge in [-0.25, -0.2) is 9.37 Å². The van der Waals surface area contributed by atoms with E-state index < -0.39 is 0 Å². The van der Waals surface area contributed by atoms with Crippen LogP contribution in [0.5, 0.6) is 0 Å². The summed E-state index contributed by atoms with van der Waals surface area (Å²) in [7, 11) is 1.81. The van der Waals surface area contributed by atoms with Gasteiger partial charge in [-0.15, -0.1) is 5.10 Å². The van der Waals surface area contributed by atoms with Gasteiger partial charge in [-0.05, 0) is 57.2 Å². The van der Waals surface area contributed by atoms with Crippen LogP contribution in [0.4, 0.5) is 15.3 Å². The van der Waals surface area contributed by atoms with E-state index >= 15 is 0 Å². The number of nitrogens with zero attached hydrogens (tertiary/aromatic N) is 4. The van der Waals surface area contributed by atoms with E-state index in [0.29, 0.717) is 28.1 Å². The van der Waals surface area contributed by atoms with Gasteiger partial charge in [0.25, 0.3) is 0 Å². The van der Waals surface area contributed by atoms with Crippen LogP contribution in [0.2, 0.25) is 0 Å². The molecular weight excluding hydrogens is 431 g/mol. The molecule has 0 saturated heterocycles. The van der Waals surface area contributed by atoms with Crippen LogP contribution in [0.1, 0.15) is 26.5 Å². The number of hydrogen-bond acceptors (Lipinski definition) is 7. The number of aromatic nitrogens is 3. The maximum atomic E-state index is 13.4. The molecule has 0 aliphatic heterocycles. The van der Waals surface area contributed by atoms with Crippen molar-refractivity contribution in [3.05, 3.63) is 54.2 Å². The summed E-state index contributed by atoms with van der Waals surface area (Å²) in [5.74, 6) is 0.974. The Kier molecular flexibility index (Phi) is 5.88. The topological polar surface area (TPSA) is 87.7 Å². The van der Waals surface area contributed by atoms with Gasteiger partial charge in [-0.2, -0.15) is 4.52 Å². The number of amides is 1. The summed E-state index contributed by atoms with van der Waals surface area (Å²) >= 11 is 1.38. The lowest BCUT2D eigenvalue weighted by Crippen LogP contribution is -2.34. The molecule has 0 atom stereocenters. The predicted molar refractivity (Wildman–Crippen MR) is 123 cm³/mol. The number of likely N-dealkylation sites (N-methyl/N-ethyl adjacent to an activating group) is 1. The summed E-state index contributed by atoms with van der Waals surface area (Å²) in [6.45, 7) is 6.61. The first-order valence-corrected chi connectivity index (χ1v) is 11.0. The number of rotatable bonds is 7. The van der Waals surface area contributed by atoms with E-state index in [4.69, 9.17) is 9.40 Å². The minimum absolute atomic E-state index is 0.142. The van der Waals surface area contributed by atoms with Crippen molar-refractivity contribution in [1.29, 1.82) is 0 Å². The number of halogens is 1. The number of furan rings is 1. The van der Waals surface area contributed by atoms with Crippen LogP contribution < -0.4 is 15.5 Å². The highest BCUT2D eigenvalue weighted by atomic mass is 32.1. The third kappa shape index (κ3) is 4.91. The first-order chi connectivity index (χ1) is 15.2. The number of fused-ring (bicyclic) bond motifs is 1. The fourth-order valence-electron chi connectivity index (χ4n) is 3.11. The maximum absolute atomic E-state index is 13.4. The SMILES string of the molecule is CN(CC(=O)NCc1ccco1)c1nn2c(NC(C)(C)C)c(-c3ccc(F)cc3)nc2s1. The van der Waals surface area contributed by atoms with Crippen LogP contribution in [0.3, 0.4) is 0 Å². The van der Waals surface area contributed by atoms with E-state index in [1.54, 1.807) is 33.9 Å². The lowest BCUT2D eigenvalue weighted by Gasteiger charge is -2.22. The molecule has 0 aliphatic rings. The van der Waals surface area contributed by atoms with Gasteiger partial charge in [-0.3, -0.25) is 4.79 Å². The van der Waals surface area contributed by atoms with Crippen molar-refractivity contribution in [1.82, 2.24) is 19.9 Å². The molecule has 0 spiro atoms. The smallest absolute Gasteiger partial charge is 0.239 e. The van der Waals surface area contributed by atoms with Gasteiger partial charge in [0.15, 0.2) is 5.82 Å². The second kappa shape index (κ2) is 8.62. The molecule has 0 fully saturated rings. The molecule has 8 nitrogen and oxygen atoms in total. The number of imidazole rings is 1. The van der Waals surface area contributed by atoms with Crippen molar-refractivity contribution in [3.8, 4) is 11.3 Å². The molecule has 0 unspecified atom stereocenters. The first-order valence-electron chi connectivity index (χ1n) is 10.1. The van der Waals surface area contributed by atoms with Gasteiger partial charge in [0.1, 0.15) is 17.3 Å². The lowest BCUT2D eigenvalue weighted by atomic mass is 10.1. The second-order valence-corrected chi connectivity index (χ2v) is 9.42. The van der Waals surface area contributed by atoms with Gasteiger partial charge < -0.3 is 20.0 Å². The zero-order valence-corrected chi connectivity index (χ0v) is 19.2. The van der Waals surface area contributed by atoms with Crippen molar-refractivity contribution in [2.75, 3.05) is 23.8 Å². The van der Waals surface area contributed by atoms with Crippen LogP contribution in [0.15, 0.2) is 47.1 Å². The highest BCUT2D eigenvalue weighted by Crippen LogP contribution is 2.34. The quantitative estimate of drug-likeness (QED) is 0.434. The summed E-state index contributed by atoms with van der Waals surface area (Å²) in [4.78, 5) is 19.5. The van der Waals surface area contributed by atoms with Crippen molar-refractivity contribution >= 4 is 33.2 Å². The molecule has 1 amide bonds. The Balaban J connectivity index is 1.57. The Hall–Kier alpha value is -3.40. The molecule has 32 heavy (non-hydrogen) atoms. The van der Waals surface area contributed by atoms with Crippen LogP contribution in [0.25, 0.3) is 16.2 Å². The fraction of sp³-hybridized carbons (Fsp3) is 0.318. The number of anilines is 2. The number of hydrogen-bond donors (Lipinski definition) is 2. The summed E-state index contributed by atoms with van der Waals surface area (Å²) in [5.41, 5.74) is 1.25. The number of carbonyl (C=O) groups is 1. The van der Waals surface area contributed by atoms with Crippen LogP contribution in [0, 0.1) is 5.82 Å². The van der Waals surface area contributed by atoms with Gasteiger partial charge in [0.05, 0.1) is 19.4 Å². The normalized spacial score (nSPS) is 11.7. The number of nitrogens with one attached hydrogen (secondary N) is 2. The largest absolute Gasteiger partial charge is 0.467 e. The third-order valence-corrected chi connectivity index (χ3v) is 5.57. The van der Waals surface area contributed by atoms with Crippen molar-refractivity contribution in [3.63, 3.8) is 0 Å². The van der Waals surface area contributed by atoms with Crippen molar-refractivity contribution in [2.45, 2.75) is 32.9 Å². The summed E-state index contributed by atoms with van der Waals surface area (Å²) in [5, 5.41) is 11.6. The van der Waals surface area contributed by atoms with Gasteiger partial charge in [0.2, 0.25) is 16.0 Å². The van der Waals surface area contributed by atoms with Crippen LogP contribution >= 0.6 is 11.3 Å². The Labute approximate surface area is 189 Å². The van der Waals surface area contributed by atoms with E-state index in [1.165, 1.54) is 23.5 Å². The lowest BCUT2D eigenvalue weighted by molar-refractivity contribution is -0.120. The molecule has 10 heteroatoms. The van der Waals surface area contributed by atoms with E-state index in [0.717, 1.165) is 11.4 Å². The Morgan fingerprint density at radius 3 is 2.66 bits per heavy atom. The van der Waals surface area contributed by atoms with E-state index in [1.807, 2.05) is 33.9 Å². The average Bonchev–Trinajstić information content (AvgIpc) is 3.44. The Bertz CT molecular complexity index is 1210. The van der Waals surface area contributed by atoms with Gasteiger partial charge >= 0.3 is 0 Å². The Morgan fingerprint density at radius 1 is 1.25 bits per heavy atom. The van der Waals surface area contributed by atoms with E-state index in [-0.39, 0.29) is 23.8 Å². The van der Waals surface area contributed by atoms with Crippen molar-refractivity contribution < 1.29 is 13.6 Å². The van der Waals surface area contributed by atoms with Crippen LogP contribution in [-0.4, -0.2) is 39.6 Å². The number of carbonyl (C=O) groups excluding carboxylic acids is 1. The predicted octanol–water partition coefficient (Wildman–Crippen LogP) is 4.15. The van der Waals surface area contributed by atoms with E-state index in [2.05, 4.69) is 15.7 Å². The maximum Gasteiger partial charge on any atom is 0.239 e. The monoisotopic (exact) mass is 456 g/mol. The standard InChI is InChI=1S/C22H25FN6O2S/c1-22(2,3)26-19-18(14-7-9-15(23)10-8-14)25-20-29(19)27-21(32-20)28(4)13-17(30)24-12-16-6-5-11-31-16/h5-11,26H,12-13H2,1-4H3,(H,24,30). The molecule has 0 aliphatic carbocycles. The number of benzene rings is 1. The molecule has 3 aromatic heterocycles. The molecular formula is C22H25FN6O2S. The first kappa shape index (κ1) is 21.8. The molecule has 0 bridgehead atoms.